The van der Waals surface area contributed by atoms with Gasteiger partial charge in [0.1, 0.15) is 5.82 Å². The van der Waals surface area contributed by atoms with E-state index in [0.29, 0.717) is 11.8 Å². The smallest absolute Gasteiger partial charge is 0.335 e. The number of amides is 1. The van der Waals surface area contributed by atoms with Crippen LogP contribution in [0.15, 0.2) is 18.2 Å². The number of carboxylic acid groups (broad SMARTS) is 1. The lowest BCUT2D eigenvalue weighted by molar-refractivity contribution is -0.117. The predicted molar refractivity (Wildman–Crippen MR) is 70.9 cm³/mol. The van der Waals surface area contributed by atoms with Gasteiger partial charge in [-0.2, -0.15) is 0 Å². The Hall–Kier alpha value is -1.91. The van der Waals surface area contributed by atoms with Crippen LogP contribution in [-0.4, -0.2) is 17.0 Å². The van der Waals surface area contributed by atoms with Crippen molar-refractivity contribution in [2.24, 2.45) is 17.8 Å². The molecule has 20 heavy (non-hydrogen) atoms. The zero-order valence-corrected chi connectivity index (χ0v) is 10.9. The highest BCUT2D eigenvalue weighted by Gasteiger charge is 2.54. The second-order valence-electron chi connectivity index (χ2n) is 5.63. The molecule has 0 bridgehead atoms. The van der Waals surface area contributed by atoms with E-state index in [2.05, 4.69) is 5.32 Å². The molecule has 2 saturated carbocycles. The third-order valence-electron chi connectivity index (χ3n) is 4.43. The second kappa shape index (κ2) is 4.89. The molecule has 106 valence electrons. The molecule has 0 heterocycles. The first-order chi connectivity index (χ1) is 9.58. The van der Waals surface area contributed by atoms with Gasteiger partial charge in [-0.1, -0.05) is 12.8 Å². The molecular weight excluding hydrogens is 261 g/mol. The Balaban J connectivity index is 1.73. The van der Waals surface area contributed by atoms with Gasteiger partial charge in [0.25, 0.3) is 0 Å². The Morgan fingerprint density at radius 3 is 2.45 bits per heavy atom. The van der Waals surface area contributed by atoms with Gasteiger partial charge >= 0.3 is 5.97 Å². The largest absolute Gasteiger partial charge is 0.478 e. The first-order valence-electron chi connectivity index (χ1n) is 6.91. The van der Waals surface area contributed by atoms with E-state index in [-0.39, 0.29) is 23.1 Å². The summed E-state index contributed by atoms with van der Waals surface area (Å²) in [6.07, 6.45) is 4.46. The molecule has 2 N–H and O–H groups in total. The number of carbonyl (C=O) groups is 2. The third-order valence-corrected chi connectivity index (χ3v) is 4.43. The van der Waals surface area contributed by atoms with Crippen LogP contribution in [0.25, 0.3) is 0 Å². The SMILES string of the molecule is O=C(O)c1ccc(F)c(NC(=O)C2C3CCCCC32)c1. The average Bonchev–Trinajstić information content (AvgIpc) is 3.15. The topological polar surface area (TPSA) is 66.4 Å². The molecule has 3 rings (SSSR count). The summed E-state index contributed by atoms with van der Waals surface area (Å²) in [6.45, 7) is 0. The standard InChI is InChI=1S/C15H16FNO3/c16-11-6-5-8(15(19)20)7-12(11)17-14(18)13-9-3-1-2-4-10(9)13/h5-7,9-10,13H,1-4H2,(H,17,18)(H,19,20). The van der Waals surface area contributed by atoms with E-state index >= 15 is 0 Å². The zero-order valence-electron chi connectivity index (χ0n) is 10.9. The van der Waals surface area contributed by atoms with Gasteiger partial charge in [0, 0.05) is 5.92 Å². The van der Waals surface area contributed by atoms with Crippen LogP contribution < -0.4 is 5.32 Å². The number of halogens is 1. The van der Waals surface area contributed by atoms with E-state index in [1.165, 1.54) is 12.1 Å². The predicted octanol–water partition coefficient (Wildman–Crippen LogP) is 2.90. The normalized spacial score (nSPS) is 27.6. The lowest BCUT2D eigenvalue weighted by Gasteiger charge is -2.07. The fourth-order valence-corrected chi connectivity index (χ4v) is 3.35. The van der Waals surface area contributed by atoms with E-state index in [4.69, 9.17) is 5.11 Å². The Morgan fingerprint density at radius 2 is 1.85 bits per heavy atom. The van der Waals surface area contributed by atoms with Gasteiger partial charge in [-0.25, -0.2) is 9.18 Å². The van der Waals surface area contributed by atoms with Gasteiger partial charge in [-0.05, 0) is 42.9 Å². The van der Waals surface area contributed by atoms with Crippen LogP contribution >= 0.6 is 0 Å². The van der Waals surface area contributed by atoms with Gasteiger partial charge in [0.05, 0.1) is 11.3 Å². The van der Waals surface area contributed by atoms with Gasteiger partial charge in [-0.15, -0.1) is 0 Å². The summed E-state index contributed by atoms with van der Waals surface area (Å²) >= 11 is 0. The molecule has 0 aliphatic heterocycles. The molecule has 0 spiro atoms. The molecule has 1 amide bonds. The van der Waals surface area contributed by atoms with Crippen molar-refractivity contribution in [1.29, 1.82) is 0 Å². The zero-order chi connectivity index (χ0) is 14.3. The first-order valence-corrected chi connectivity index (χ1v) is 6.91. The van der Waals surface area contributed by atoms with E-state index in [1.807, 2.05) is 0 Å². The molecule has 0 aromatic heterocycles. The van der Waals surface area contributed by atoms with Crippen LogP contribution in [0.1, 0.15) is 36.0 Å². The van der Waals surface area contributed by atoms with Crippen molar-refractivity contribution in [2.45, 2.75) is 25.7 Å². The van der Waals surface area contributed by atoms with Crippen LogP contribution in [0.2, 0.25) is 0 Å². The lowest BCUT2D eigenvalue weighted by Crippen LogP contribution is -2.17. The quantitative estimate of drug-likeness (QED) is 0.892. The van der Waals surface area contributed by atoms with E-state index in [9.17, 15) is 14.0 Å². The van der Waals surface area contributed by atoms with Gasteiger partial charge in [-0.3, -0.25) is 4.79 Å². The number of fused-ring (bicyclic) bond motifs is 1. The number of aromatic carboxylic acids is 1. The van der Waals surface area contributed by atoms with Crippen molar-refractivity contribution in [3.8, 4) is 0 Å². The second-order valence-corrected chi connectivity index (χ2v) is 5.63. The number of rotatable bonds is 3. The Labute approximate surface area is 116 Å². The molecule has 1 aromatic rings. The molecule has 2 aliphatic carbocycles. The molecule has 2 aliphatic rings. The van der Waals surface area contributed by atoms with E-state index in [1.54, 1.807) is 0 Å². The fourth-order valence-electron chi connectivity index (χ4n) is 3.35. The van der Waals surface area contributed by atoms with Crippen molar-refractivity contribution in [3.63, 3.8) is 0 Å². The minimum atomic E-state index is -1.14. The van der Waals surface area contributed by atoms with Crippen LogP contribution in [0.4, 0.5) is 10.1 Å². The van der Waals surface area contributed by atoms with Crippen LogP contribution in [0.3, 0.4) is 0 Å². The van der Waals surface area contributed by atoms with Crippen LogP contribution in [0, 0.1) is 23.6 Å². The van der Waals surface area contributed by atoms with Gasteiger partial charge in [0.15, 0.2) is 0 Å². The Morgan fingerprint density at radius 1 is 1.20 bits per heavy atom. The number of hydrogen-bond acceptors (Lipinski definition) is 2. The number of nitrogens with one attached hydrogen (secondary N) is 1. The summed E-state index contributed by atoms with van der Waals surface area (Å²) in [4.78, 5) is 23.0. The summed E-state index contributed by atoms with van der Waals surface area (Å²) < 4.78 is 13.6. The Kier molecular flexibility index (Phi) is 3.20. The minimum Gasteiger partial charge on any atom is -0.478 e. The summed E-state index contributed by atoms with van der Waals surface area (Å²) in [5.74, 6) is -1.06. The molecule has 2 fully saturated rings. The molecule has 2 atom stereocenters. The molecule has 0 radical (unpaired) electrons. The maximum Gasteiger partial charge on any atom is 0.335 e. The summed E-state index contributed by atoms with van der Waals surface area (Å²) in [6, 6.07) is 3.42. The molecule has 0 saturated heterocycles. The number of hydrogen-bond donors (Lipinski definition) is 2. The first kappa shape index (κ1) is 13.1. The minimum absolute atomic E-state index is 0.0228. The van der Waals surface area contributed by atoms with E-state index in [0.717, 1.165) is 31.7 Å². The fraction of sp³-hybridized carbons (Fsp3) is 0.467. The monoisotopic (exact) mass is 277 g/mol. The summed E-state index contributed by atoms with van der Waals surface area (Å²) in [7, 11) is 0. The van der Waals surface area contributed by atoms with Crippen molar-refractivity contribution >= 4 is 17.6 Å². The Bertz CT molecular complexity index is 560. The molecule has 4 nitrogen and oxygen atoms in total. The lowest BCUT2D eigenvalue weighted by atomic mass is 10.0. The molecule has 2 unspecified atom stereocenters. The van der Waals surface area contributed by atoms with Crippen LogP contribution in [-0.2, 0) is 4.79 Å². The number of carbonyl (C=O) groups excluding carboxylic acids is 1. The number of carboxylic acids is 1. The number of anilines is 1. The van der Waals surface area contributed by atoms with Crippen LogP contribution in [0.5, 0.6) is 0 Å². The maximum atomic E-state index is 13.6. The average molecular weight is 277 g/mol. The number of benzene rings is 1. The highest BCUT2D eigenvalue weighted by molar-refractivity contribution is 5.96. The summed E-state index contributed by atoms with van der Waals surface area (Å²) in [5.41, 5.74) is -0.0755. The van der Waals surface area contributed by atoms with Crippen molar-refractivity contribution in [3.05, 3.63) is 29.6 Å². The van der Waals surface area contributed by atoms with Crippen molar-refractivity contribution in [2.75, 3.05) is 5.32 Å². The molecular formula is C15H16FNO3. The highest BCUT2D eigenvalue weighted by Crippen LogP contribution is 2.55. The maximum absolute atomic E-state index is 13.6. The highest BCUT2D eigenvalue weighted by atomic mass is 19.1. The van der Waals surface area contributed by atoms with Gasteiger partial charge in [0.2, 0.25) is 5.91 Å². The van der Waals surface area contributed by atoms with Gasteiger partial charge < -0.3 is 10.4 Å². The van der Waals surface area contributed by atoms with Crippen molar-refractivity contribution < 1.29 is 19.1 Å². The van der Waals surface area contributed by atoms with E-state index < -0.39 is 11.8 Å². The third kappa shape index (κ3) is 2.28. The molecule has 5 heteroatoms. The molecule has 1 aromatic carbocycles. The summed E-state index contributed by atoms with van der Waals surface area (Å²) in [5, 5.41) is 11.4. The van der Waals surface area contributed by atoms with Crippen molar-refractivity contribution in [1.82, 2.24) is 0 Å².